The van der Waals surface area contributed by atoms with Crippen LogP contribution in [0.1, 0.15) is 47.1 Å². The zero-order valence-corrected chi connectivity index (χ0v) is 27.8. The van der Waals surface area contributed by atoms with Crippen LogP contribution < -0.4 is 9.62 Å². The van der Waals surface area contributed by atoms with Crippen LogP contribution >= 0.6 is 23.2 Å². The Hall–Kier alpha value is -4.12. The Morgan fingerprint density at radius 2 is 1.47 bits per heavy atom. The minimum Gasteiger partial charge on any atom is -0.459 e. The second-order valence-corrected chi connectivity index (χ2v) is 14.2. The van der Waals surface area contributed by atoms with E-state index in [1.165, 1.54) is 23.1 Å². The van der Waals surface area contributed by atoms with Gasteiger partial charge in [0.25, 0.3) is 21.8 Å². The van der Waals surface area contributed by atoms with E-state index in [1.807, 2.05) is 0 Å². The number of fused-ring (bicyclic) bond motifs is 1. The summed E-state index contributed by atoms with van der Waals surface area (Å²) >= 11 is 12.3. The van der Waals surface area contributed by atoms with Crippen LogP contribution in [0.2, 0.25) is 10.0 Å². The molecule has 0 aliphatic rings. The van der Waals surface area contributed by atoms with Crippen LogP contribution in [-0.4, -0.2) is 57.3 Å². The van der Waals surface area contributed by atoms with Crippen molar-refractivity contribution in [1.82, 2.24) is 10.2 Å². The maximum Gasteiger partial charge on any atom is 0.327 e. The molecule has 1 N–H and O–H groups in total. The first-order valence-electron chi connectivity index (χ1n) is 13.9. The molecule has 0 atom stereocenters. The molecule has 2 amide bonds. The molecule has 0 unspecified atom stereocenters. The molecule has 236 valence electrons. The van der Waals surface area contributed by atoms with E-state index >= 15 is 0 Å². The number of nitrogens with zero attached hydrogens (tertiary/aromatic N) is 2. The first-order chi connectivity index (χ1) is 21.1. The number of amides is 2. The molecule has 0 heterocycles. The van der Waals surface area contributed by atoms with Crippen LogP contribution in [0, 0.1) is 0 Å². The van der Waals surface area contributed by atoms with Gasteiger partial charge in [0.1, 0.15) is 12.1 Å². The second-order valence-electron chi connectivity index (χ2n) is 11.5. The van der Waals surface area contributed by atoms with Crippen LogP contribution in [0.4, 0.5) is 5.69 Å². The van der Waals surface area contributed by atoms with Gasteiger partial charge < -0.3 is 15.0 Å². The average Bonchev–Trinajstić information content (AvgIpc) is 2.96. The fourth-order valence-corrected chi connectivity index (χ4v) is 6.81. The van der Waals surface area contributed by atoms with Gasteiger partial charge in [0.05, 0.1) is 10.6 Å². The Labute approximate surface area is 272 Å². The number of anilines is 1. The molecule has 12 heteroatoms. The molecular formula is C33H33Cl2N3O6S. The van der Waals surface area contributed by atoms with Crippen LogP contribution in [-0.2, 0) is 26.1 Å². The molecule has 0 spiro atoms. The number of hydrogen-bond acceptors (Lipinski definition) is 6. The predicted molar refractivity (Wildman–Crippen MR) is 176 cm³/mol. The number of nitrogens with one attached hydrogen (secondary N) is 1. The van der Waals surface area contributed by atoms with Crippen molar-refractivity contribution >= 4 is 67.5 Å². The van der Waals surface area contributed by atoms with E-state index < -0.39 is 34.0 Å². The van der Waals surface area contributed by atoms with Crippen molar-refractivity contribution in [3.05, 3.63) is 106 Å². The Bertz CT molecular complexity index is 1870. The zero-order valence-electron chi connectivity index (χ0n) is 25.4. The van der Waals surface area contributed by atoms with Crippen molar-refractivity contribution in [3.8, 4) is 0 Å². The summed E-state index contributed by atoms with van der Waals surface area (Å²) in [5.41, 5.74) is 0.796. The first-order valence-corrected chi connectivity index (χ1v) is 16.1. The second kappa shape index (κ2) is 13.5. The predicted octanol–water partition coefficient (Wildman–Crippen LogP) is 6.32. The van der Waals surface area contributed by atoms with Gasteiger partial charge in [-0.2, -0.15) is 0 Å². The highest BCUT2D eigenvalue weighted by molar-refractivity contribution is 7.93. The minimum atomic E-state index is -4.41. The summed E-state index contributed by atoms with van der Waals surface area (Å²) in [6.45, 7) is 4.54. The normalized spacial score (nSPS) is 11.6. The first kappa shape index (κ1) is 33.8. The van der Waals surface area contributed by atoms with Gasteiger partial charge in [0.2, 0.25) is 0 Å². The van der Waals surface area contributed by atoms with Crippen LogP contribution in [0.5, 0.6) is 0 Å². The molecule has 4 aromatic carbocycles. The summed E-state index contributed by atoms with van der Waals surface area (Å²) in [6, 6.07) is 20.6. The van der Waals surface area contributed by atoms with E-state index in [9.17, 15) is 22.8 Å². The Morgan fingerprint density at radius 3 is 2.11 bits per heavy atom. The van der Waals surface area contributed by atoms with Gasteiger partial charge in [-0.3, -0.25) is 18.7 Å². The van der Waals surface area contributed by atoms with Crippen molar-refractivity contribution < 1.29 is 27.5 Å². The van der Waals surface area contributed by atoms with Gasteiger partial charge in [-0.25, -0.2) is 8.42 Å². The topological polar surface area (TPSA) is 113 Å². The molecule has 9 nitrogen and oxygen atoms in total. The highest BCUT2D eigenvalue weighted by Crippen LogP contribution is 2.34. The van der Waals surface area contributed by atoms with Gasteiger partial charge in [0, 0.05) is 47.2 Å². The summed E-state index contributed by atoms with van der Waals surface area (Å²) in [7, 11) is -1.08. The third kappa shape index (κ3) is 8.13. The summed E-state index contributed by atoms with van der Waals surface area (Å²) in [5, 5.41) is 3.95. The molecule has 0 saturated carbocycles. The van der Waals surface area contributed by atoms with Crippen molar-refractivity contribution in [2.75, 3.05) is 24.9 Å². The smallest absolute Gasteiger partial charge is 0.327 e. The minimum absolute atomic E-state index is 0.104. The van der Waals surface area contributed by atoms with Gasteiger partial charge in [0.15, 0.2) is 0 Å². The monoisotopic (exact) mass is 669 g/mol. The average molecular weight is 671 g/mol. The van der Waals surface area contributed by atoms with E-state index in [4.69, 9.17) is 27.9 Å². The summed E-state index contributed by atoms with van der Waals surface area (Å²) in [6.07, 6.45) is 0. The molecule has 0 radical (unpaired) electrons. The van der Waals surface area contributed by atoms with E-state index in [-0.39, 0.29) is 38.6 Å². The van der Waals surface area contributed by atoms with Gasteiger partial charge >= 0.3 is 5.97 Å². The molecule has 0 aromatic heterocycles. The number of carbonyl (C=O) groups is 3. The van der Waals surface area contributed by atoms with E-state index in [1.54, 1.807) is 95.5 Å². The lowest BCUT2D eigenvalue weighted by Crippen LogP contribution is -2.39. The van der Waals surface area contributed by atoms with Crippen LogP contribution in [0.25, 0.3) is 10.8 Å². The highest BCUT2D eigenvalue weighted by atomic mass is 35.5. The van der Waals surface area contributed by atoms with E-state index in [0.29, 0.717) is 16.3 Å². The fraction of sp³-hybridized carbons (Fsp3) is 0.242. The molecular weight excluding hydrogens is 637 g/mol. The molecule has 4 aromatic rings. The van der Waals surface area contributed by atoms with Gasteiger partial charge in [-0.05, 0) is 74.2 Å². The molecule has 0 saturated heterocycles. The summed E-state index contributed by atoms with van der Waals surface area (Å²) in [4.78, 5) is 40.1. The number of carbonyl (C=O) groups excluding carboxylic acids is 3. The number of halogens is 2. The molecule has 0 fully saturated rings. The number of ether oxygens (including phenoxy) is 1. The number of benzene rings is 4. The lowest BCUT2D eigenvalue weighted by Gasteiger charge is -2.27. The van der Waals surface area contributed by atoms with Gasteiger partial charge in [-0.15, -0.1) is 0 Å². The highest BCUT2D eigenvalue weighted by Gasteiger charge is 2.31. The lowest BCUT2D eigenvalue weighted by atomic mass is 10.0. The maximum atomic E-state index is 14.1. The Kier molecular flexibility index (Phi) is 10.1. The Balaban J connectivity index is 1.74. The molecule has 0 aliphatic heterocycles. The van der Waals surface area contributed by atoms with E-state index in [2.05, 4.69) is 5.32 Å². The maximum absolute atomic E-state index is 14.1. The number of hydrogen-bond donors (Lipinski definition) is 1. The van der Waals surface area contributed by atoms with Crippen molar-refractivity contribution in [2.45, 2.75) is 37.8 Å². The van der Waals surface area contributed by atoms with Crippen molar-refractivity contribution in [1.29, 1.82) is 0 Å². The fourth-order valence-electron chi connectivity index (χ4n) is 4.65. The third-order valence-corrected chi connectivity index (χ3v) is 8.74. The van der Waals surface area contributed by atoms with Crippen molar-refractivity contribution in [2.24, 2.45) is 0 Å². The molecule has 0 aliphatic carbocycles. The molecule has 0 bridgehead atoms. The van der Waals surface area contributed by atoms with Gasteiger partial charge in [-0.1, -0.05) is 59.6 Å². The number of esters is 1. The molecule has 45 heavy (non-hydrogen) atoms. The SMILES string of the molecule is CN(C)C(=O)c1cccc(CNC(=O)c2cccc3c(N(CC(=O)OC(C)(C)C)S(=O)(=O)c4cc(Cl)cc(Cl)c4)cccc23)c1. The summed E-state index contributed by atoms with van der Waals surface area (Å²) < 4.78 is 34.5. The number of rotatable bonds is 9. The standard InChI is InChI=1S/C33H33Cl2N3O6S/c1-33(2,3)44-30(39)20-38(45(42,43)25-17-23(34)16-24(35)18-25)29-14-8-11-26-27(29)12-7-13-28(26)31(40)36-19-21-9-6-10-22(15-21)32(41)37(4)5/h6-18H,19-20H2,1-5H3,(H,36,40). The largest absolute Gasteiger partial charge is 0.459 e. The quantitative estimate of drug-likeness (QED) is 0.209. The third-order valence-electron chi connectivity index (χ3n) is 6.56. The number of sulfonamides is 1. The zero-order chi connectivity index (χ0) is 33.1. The lowest BCUT2D eigenvalue weighted by molar-refractivity contribution is -0.152. The van der Waals surface area contributed by atoms with Crippen LogP contribution in [0.15, 0.2) is 83.8 Å². The Morgan fingerprint density at radius 1 is 0.844 bits per heavy atom. The van der Waals surface area contributed by atoms with E-state index in [0.717, 1.165) is 9.87 Å². The molecule has 4 rings (SSSR count). The summed E-state index contributed by atoms with van der Waals surface area (Å²) in [5.74, 6) is -1.35. The van der Waals surface area contributed by atoms with Crippen molar-refractivity contribution in [3.63, 3.8) is 0 Å². The van der Waals surface area contributed by atoms with Crippen LogP contribution in [0.3, 0.4) is 0 Å².